The quantitative estimate of drug-likeness (QED) is 0.470. The maximum atomic E-state index is 10.7. The van der Waals surface area contributed by atoms with Crippen molar-refractivity contribution in [2.75, 3.05) is 26.2 Å². The topological polar surface area (TPSA) is 73.0 Å². The van der Waals surface area contributed by atoms with Gasteiger partial charge in [-0.3, -0.25) is 4.90 Å². The molecule has 1 aromatic heterocycles. The summed E-state index contributed by atoms with van der Waals surface area (Å²) in [6.45, 7) is 8.78. The predicted octanol–water partition coefficient (Wildman–Crippen LogP) is 3.23. The zero-order chi connectivity index (χ0) is 20.5. The number of benzene rings is 1. The first kappa shape index (κ1) is 21.4. The fourth-order valence-corrected chi connectivity index (χ4v) is 3.66. The minimum atomic E-state index is -1.11. The molecule has 0 saturated carbocycles. The van der Waals surface area contributed by atoms with E-state index in [1.165, 1.54) is 43.5 Å². The van der Waals surface area contributed by atoms with Gasteiger partial charge in [0.25, 0.3) is 0 Å². The number of aliphatic imine (C=N–C) groups is 1. The minimum absolute atomic E-state index is 0.307. The SMILES string of the molecule is CCNC(=NCc1ccccc1CN1CCCCC1)NCC(C)(O)c1ccco1. The van der Waals surface area contributed by atoms with Crippen LogP contribution in [-0.2, 0) is 18.7 Å². The van der Waals surface area contributed by atoms with Crippen LogP contribution < -0.4 is 10.6 Å². The Morgan fingerprint density at radius 3 is 2.55 bits per heavy atom. The average Bonchev–Trinajstić information content (AvgIpc) is 3.28. The van der Waals surface area contributed by atoms with Crippen molar-refractivity contribution in [3.05, 3.63) is 59.5 Å². The number of piperidine rings is 1. The van der Waals surface area contributed by atoms with Crippen molar-refractivity contribution < 1.29 is 9.52 Å². The van der Waals surface area contributed by atoms with E-state index in [1.54, 1.807) is 25.3 Å². The lowest BCUT2D eigenvalue weighted by atomic mass is 10.0. The number of rotatable bonds is 8. The van der Waals surface area contributed by atoms with Crippen molar-refractivity contribution in [3.63, 3.8) is 0 Å². The van der Waals surface area contributed by atoms with Crippen LogP contribution in [-0.4, -0.2) is 42.1 Å². The average molecular weight is 399 g/mol. The highest BCUT2D eigenvalue weighted by atomic mass is 16.4. The van der Waals surface area contributed by atoms with Crippen molar-refractivity contribution in [2.24, 2.45) is 4.99 Å². The molecule has 6 heteroatoms. The lowest BCUT2D eigenvalue weighted by molar-refractivity contribution is 0.0386. The molecule has 1 aliphatic rings. The highest BCUT2D eigenvalue weighted by Gasteiger charge is 2.26. The third-order valence-corrected chi connectivity index (χ3v) is 5.36. The van der Waals surface area contributed by atoms with E-state index >= 15 is 0 Å². The summed E-state index contributed by atoms with van der Waals surface area (Å²) in [5.41, 5.74) is 1.48. The van der Waals surface area contributed by atoms with Gasteiger partial charge in [-0.15, -0.1) is 0 Å². The Hall–Kier alpha value is -2.31. The predicted molar refractivity (Wildman–Crippen MR) is 117 cm³/mol. The van der Waals surface area contributed by atoms with Gasteiger partial charge < -0.3 is 20.2 Å². The molecule has 158 valence electrons. The molecule has 0 bridgehead atoms. The molecule has 0 spiro atoms. The van der Waals surface area contributed by atoms with Gasteiger partial charge in [0.2, 0.25) is 0 Å². The van der Waals surface area contributed by atoms with Crippen LogP contribution in [0.1, 0.15) is 50.0 Å². The fraction of sp³-hybridized carbons (Fsp3) is 0.522. The molecule has 3 rings (SSSR count). The smallest absolute Gasteiger partial charge is 0.191 e. The van der Waals surface area contributed by atoms with E-state index in [-0.39, 0.29) is 0 Å². The molecule has 0 aliphatic carbocycles. The monoisotopic (exact) mass is 398 g/mol. The molecule has 2 aromatic rings. The van der Waals surface area contributed by atoms with E-state index in [0.717, 1.165) is 13.1 Å². The second kappa shape index (κ2) is 10.5. The zero-order valence-corrected chi connectivity index (χ0v) is 17.7. The summed E-state index contributed by atoms with van der Waals surface area (Å²) in [5.74, 6) is 1.22. The van der Waals surface area contributed by atoms with Gasteiger partial charge in [0.15, 0.2) is 5.96 Å². The highest BCUT2D eigenvalue weighted by molar-refractivity contribution is 5.79. The van der Waals surface area contributed by atoms with Crippen LogP contribution in [0, 0.1) is 0 Å². The molecule has 1 fully saturated rings. The summed E-state index contributed by atoms with van der Waals surface area (Å²) in [6, 6.07) is 12.1. The first-order valence-electron chi connectivity index (χ1n) is 10.7. The molecule has 0 amide bonds. The lowest BCUT2D eigenvalue weighted by Gasteiger charge is -2.27. The summed E-state index contributed by atoms with van der Waals surface area (Å²) < 4.78 is 5.35. The van der Waals surface area contributed by atoms with E-state index in [0.29, 0.717) is 24.8 Å². The van der Waals surface area contributed by atoms with Gasteiger partial charge >= 0.3 is 0 Å². The molecule has 6 nitrogen and oxygen atoms in total. The summed E-state index contributed by atoms with van der Waals surface area (Å²) in [7, 11) is 0. The fourth-order valence-electron chi connectivity index (χ4n) is 3.66. The molecule has 2 heterocycles. The van der Waals surface area contributed by atoms with Gasteiger partial charge in [0.05, 0.1) is 19.4 Å². The number of furan rings is 1. The zero-order valence-electron chi connectivity index (χ0n) is 17.7. The number of hydrogen-bond acceptors (Lipinski definition) is 4. The van der Waals surface area contributed by atoms with Crippen LogP contribution in [0.25, 0.3) is 0 Å². The van der Waals surface area contributed by atoms with Crippen LogP contribution in [0.4, 0.5) is 0 Å². The largest absolute Gasteiger partial charge is 0.466 e. The van der Waals surface area contributed by atoms with Gasteiger partial charge in [0, 0.05) is 13.1 Å². The van der Waals surface area contributed by atoms with Crippen LogP contribution in [0.5, 0.6) is 0 Å². The molecule has 1 atom stereocenters. The molecule has 1 aliphatic heterocycles. The van der Waals surface area contributed by atoms with Crippen molar-refractivity contribution in [3.8, 4) is 0 Å². The van der Waals surface area contributed by atoms with E-state index in [9.17, 15) is 5.11 Å². The summed E-state index contributed by atoms with van der Waals surface area (Å²) in [4.78, 5) is 7.29. The maximum absolute atomic E-state index is 10.7. The number of hydrogen-bond donors (Lipinski definition) is 3. The Balaban J connectivity index is 1.64. The van der Waals surface area contributed by atoms with Crippen molar-refractivity contribution >= 4 is 5.96 Å². The molecule has 1 aromatic carbocycles. The van der Waals surface area contributed by atoms with Gasteiger partial charge in [0.1, 0.15) is 11.4 Å². The van der Waals surface area contributed by atoms with Crippen molar-refractivity contribution in [2.45, 2.75) is 51.8 Å². The second-order valence-corrected chi connectivity index (χ2v) is 7.91. The normalized spacial score (nSPS) is 17.7. The Morgan fingerprint density at radius 2 is 1.86 bits per heavy atom. The van der Waals surface area contributed by atoms with Gasteiger partial charge in [-0.05, 0) is 63.0 Å². The van der Waals surface area contributed by atoms with Crippen molar-refractivity contribution in [1.82, 2.24) is 15.5 Å². The molecule has 3 N–H and O–H groups in total. The summed E-state index contributed by atoms with van der Waals surface area (Å²) in [6.07, 6.45) is 5.51. The number of nitrogens with one attached hydrogen (secondary N) is 2. The Morgan fingerprint density at radius 1 is 1.10 bits per heavy atom. The summed E-state index contributed by atoms with van der Waals surface area (Å²) in [5, 5.41) is 17.2. The molecule has 1 unspecified atom stereocenters. The number of aliphatic hydroxyl groups is 1. The van der Waals surface area contributed by atoms with Gasteiger partial charge in [-0.25, -0.2) is 4.99 Å². The van der Waals surface area contributed by atoms with E-state index in [1.807, 2.05) is 6.92 Å². The van der Waals surface area contributed by atoms with Gasteiger partial charge in [-0.2, -0.15) is 0 Å². The van der Waals surface area contributed by atoms with E-state index < -0.39 is 5.60 Å². The molecular weight excluding hydrogens is 364 g/mol. The molecule has 1 saturated heterocycles. The molecular formula is C23H34N4O2. The number of guanidine groups is 1. The number of nitrogens with zero attached hydrogens (tertiary/aromatic N) is 2. The first-order valence-corrected chi connectivity index (χ1v) is 10.7. The first-order chi connectivity index (χ1) is 14.1. The van der Waals surface area contributed by atoms with Crippen LogP contribution >= 0.6 is 0 Å². The van der Waals surface area contributed by atoms with Crippen LogP contribution in [0.3, 0.4) is 0 Å². The molecule has 0 radical (unpaired) electrons. The highest BCUT2D eigenvalue weighted by Crippen LogP contribution is 2.20. The third kappa shape index (κ3) is 6.34. The maximum Gasteiger partial charge on any atom is 0.191 e. The minimum Gasteiger partial charge on any atom is -0.466 e. The summed E-state index contributed by atoms with van der Waals surface area (Å²) >= 11 is 0. The Bertz CT molecular complexity index is 765. The number of likely N-dealkylation sites (tertiary alicyclic amines) is 1. The third-order valence-electron chi connectivity index (χ3n) is 5.36. The van der Waals surface area contributed by atoms with Crippen molar-refractivity contribution in [1.29, 1.82) is 0 Å². The molecule has 29 heavy (non-hydrogen) atoms. The Kier molecular flexibility index (Phi) is 7.72. The van der Waals surface area contributed by atoms with Crippen LogP contribution in [0.2, 0.25) is 0 Å². The standard InChI is InChI=1S/C23H34N4O2/c1-3-24-22(26-18-23(2,28)21-12-9-15-29-21)25-16-19-10-5-6-11-20(19)17-27-13-7-4-8-14-27/h5-6,9-12,15,28H,3-4,7-8,13-14,16-18H2,1-2H3,(H2,24,25,26). The van der Waals surface area contributed by atoms with Gasteiger partial charge in [-0.1, -0.05) is 30.7 Å². The second-order valence-electron chi connectivity index (χ2n) is 7.91. The lowest BCUT2D eigenvalue weighted by Crippen LogP contribution is -2.44. The Labute approximate surface area is 174 Å². The van der Waals surface area contributed by atoms with Crippen LogP contribution in [0.15, 0.2) is 52.1 Å². The van der Waals surface area contributed by atoms with E-state index in [2.05, 4.69) is 39.8 Å². The van der Waals surface area contributed by atoms with E-state index in [4.69, 9.17) is 9.41 Å².